The lowest BCUT2D eigenvalue weighted by molar-refractivity contribution is -0.120. The number of likely N-dealkylation sites (tertiary alicyclic amines) is 1. The number of nitrogens with two attached hydrogens (primary N) is 1. The van der Waals surface area contributed by atoms with Gasteiger partial charge in [0, 0.05) is 13.1 Å². The lowest BCUT2D eigenvalue weighted by Crippen LogP contribution is -2.33. The SMILES string of the molecule is CC1CCCN(Cc2ccc(CC(=O)NN)cc2)C1. The van der Waals surface area contributed by atoms with Crippen molar-refractivity contribution >= 4 is 5.91 Å². The van der Waals surface area contributed by atoms with Crippen LogP contribution in [0.1, 0.15) is 30.9 Å². The van der Waals surface area contributed by atoms with Crippen LogP contribution in [0.15, 0.2) is 24.3 Å². The molecule has 2 rings (SSSR count). The van der Waals surface area contributed by atoms with E-state index in [1.165, 1.54) is 31.5 Å². The molecule has 4 heteroatoms. The molecule has 0 radical (unpaired) electrons. The molecule has 1 amide bonds. The third kappa shape index (κ3) is 4.33. The molecule has 1 fully saturated rings. The summed E-state index contributed by atoms with van der Waals surface area (Å²) in [5.74, 6) is 5.73. The van der Waals surface area contributed by atoms with Crippen LogP contribution in [0, 0.1) is 5.92 Å². The molecule has 1 aliphatic rings. The molecule has 104 valence electrons. The molecule has 1 aromatic rings. The normalized spacial score (nSPS) is 20.2. The molecule has 0 spiro atoms. The van der Waals surface area contributed by atoms with E-state index in [1.807, 2.05) is 12.1 Å². The van der Waals surface area contributed by atoms with Gasteiger partial charge >= 0.3 is 0 Å². The second-order valence-electron chi connectivity index (χ2n) is 5.54. The maximum atomic E-state index is 11.2. The van der Waals surface area contributed by atoms with Gasteiger partial charge in [-0.3, -0.25) is 15.1 Å². The van der Waals surface area contributed by atoms with Crippen LogP contribution in [0.2, 0.25) is 0 Å². The van der Waals surface area contributed by atoms with E-state index < -0.39 is 0 Å². The van der Waals surface area contributed by atoms with Crippen molar-refractivity contribution in [1.29, 1.82) is 0 Å². The molecule has 1 saturated heterocycles. The van der Waals surface area contributed by atoms with Gasteiger partial charge in [0.25, 0.3) is 0 Å². The van der Waals surface area contributed by atoms with Crippen molar-refractivity contribution < 1.29 is 4.79 Å². The number of hydrogen-bond donors (Lipinski definition) is 2. The fourth-order valence-electron chi connectivity index (χ4n) is 2.69. The first-order valence-electron chi connectivity index (χ1n) is 6.97. The number of nitrogens with zero attached hydrogens (tertiary/aromatic N) is 1. The van der Waals surface area contributed by atoms with Crippen molar-refractivity contribution in [2.45, 2.75) is 32.7 Å². The minimum absolute atomic E-state index is 0.155. The molecule has 1 unspecified atom stereocenters. The van der Waals surface area contributed by atoms with E-state index in [0.717, 1.165) is 18.0 Å². The Kier molecular flexibility index (Phi) is 4.93. The summed E-state index contributed by atoms with van der Waals surface area (Å²) in [4.78, 5) is 13.7. The zero-order valence-corrected chi connectivity index (χ0v) is 11.6. The predicted molar refractivity (Wildman–Crippen MR) is 76.2 cm³/mol. The third-order valence-corrected chi connectivity index (χ3v) is 3.70. The summed E-state index contributed by atoms with van der Waals surface area (Å²) in [5.41, 5.74) is 4.46. The molecule has 0 bridgehead atoms. The number of benzene rings is 1. The van der Waals surface area contributed by atoms with Crippen molar-refractivity contribution in [3.05, 3.63) is 35.4 Å². The van der Waals surface area contributed by atoms with Gasteiger partial charge in [0.15, 0.2) is 0 Å². The van der Waals surface area contributed by atoms with Gasteiger partial charge in [0.05, 0.1) is 6.42 Å². The number of amides is 1. The van der Waals surface area contributed by atoms with Crippen molar-refractivity contribution in [2.24, 2.45) is 11.8 Å². The lowest BCUT2D eigenvalue weighted by Gasteiger charge is -2.30. The van der Waals surface area contributed by atoms with Gasteiger partial charge in [-0.15, -0.1) is 0 Å². The molecule has 0 aliphatic carbocycles. The average molecular weight is 261 g/mol. The first-order chi connectivity index (χ1) is 9.17. The molecule has 4 nitrogen and oxygen atoms in total. The highest BCUT2D eigenvalue weighted by atomic mass is 16.2. The standard InChI is InChI=1S/C15H23N3O/c1-12-3-2-8-18(10-12)11-14-6-4-13(5-7-14)9-15(19)17-16/h4-7,12H,2-3,8-11,16H2,1H3,(H,17,19). The van der Waals surface area contributed by atoms with Crippen LogP contribution in [0.3, 0.4) is 0 Å². The molecule has 1 aromatic carbocycles. The molecule has 3 N–H and O–H groups in total. The van der Waals surface area contributed by atoms with Crippen LogP contribution < -0.4 is 11.3 Å². The summed E-state index contributed by atoms with van der Waals surface area (Å²) < 4.78 is 0. The van der Waals surface area contributed by atoms with Gasteiger partial charge in [-0.05, 0) is 36.4 Å². The molecule has 19 heavy (non-hydrogen) atoms. The number of piperidine rings is 1. The molecule has 1 heterocycles. The monoisotopic (exact) mass is 261 g/mol. The maximum Gasteiger partial charge on any atom is 0.238 e. The maximum absolute atomic E-state index is 11.2. The Labute approximate surface area is 114 Å². The highest BCUT2D eigenvalue weighted by molar-refractivity contribution is 5.77. The highest BCUT2D eigenvalue weighted by Crippen LogP contribution is 2.18. The second kappa shape index (κ2) is 6.68. The summed E-state index contributed by atoms with van der Waals surface area (Å²) in [6, 6.07) is 8.24. The smallest absolute Gasteiger partial charge is 0.238 e. The first kappa shape index (κ1) is 14.0. The van der Waals surface area contributed by atoms with E-state index in [1.54, 1.807) is 0 Å². The topological polar surface area (TPSA) is 58.4 Å². The number of hydrogen-bond acceptors (Lipinski definition) is 3. The highest BCUT2D eigenvalue weighted by Gasteiger charge is 2.16. The van der Waals surface area contributed by atoms with E-state index in [0.29, 0.717) is 6.42 Å². The van der Waals surface area contributed by atoms with Gasteiger partial charge in [-0.25, -0.2) is 5.84 Å². The number of carbonyl (C=O) groups excluding carboxylic acids is 1. The van der Waals surface area contributed by atoms with Gasteiger partial charge in [0.2, 0.25) is 5.91 Å². The molecule has 0 saturated carbocycles. The summed E-state index contributed by atoms with van der Waals surface area (Å²) in [7, 11) is 0. The predicted octanol–water partition coefficient (Wildman–Crippen LogP) is 1.45. The summed E-state index contributed by atoms with van der Waals surface area (Å²) in [6.07, 6.45) is 3.00. The lowest BCUT2D eigenvalue weighted by atomic mass is 9.99. The Morgan fingerprint density at radius 1 is 1.37 bits per heavy atom. The van der Waals surface area contributed by atoms with Crippen LogP contribution in [0.25, 0.3) is 0 Å². The Morgan fingerprint density at radius 2 is 2.05 bits per heavy atom. The second-order valence-corrected chi connectivity index (χ2v) is 5.54. The van der Waals surface area contributed by atoms with Gasteiger partial charge in [0.1, 0.15) is 0 Å². The minimum Gasteiger partial charge on any atom is -0.299 e. The summed E-state index contributed by atoms with van der Waals surface area (Å²) in [5, 5.41) is 0. The van der Waals surface area contributed by atoms with E-state index in [-0.39, 0.29) is 5.91 Å². The van der Waals surface area contributed by atoms with Crippen LogP contribution in [0.4, 0.5) is 0 Å². The van der Waals surface area contributed by atoms with E-state index in [4.69, 9.17) is 5.84 Å². The fraction of sp³-hybridized carbons (Fsp3) is 0.533. The number of nitrogens with one attached hydrogen (secondary N) is 1. The van der Waals surface area contributed by atoms with Gasteiger partial charge < -0.3 is 0 Å². The van der Waals surface area contributed by atoms with Crippen molar-refractivity contribution in [3.63, 3.8) is 0 Å². The third-order valence-electron chi connectivity index (χ3n) is 3.70. The molecule has 1 atom stereocenters. The first-order valence-corrected chi connectivity index (χ1v) is 6.97. The molecule has 0 aromatic heterocycles. The fourth-order valence-corrected chi connectivity index (χ4v) is 2.69. The molecule has 1 aliphatic heterocycles. The zero-order chi connectivity index (χ0) is 13.7. The summed E-state index contributed by atoms with van der Waals surface area (Å²) in [6.45, 7) is 5.72. The van der Waals surface area contributed by atoms with E-state index >= 15 is 0 Å². The van der Waals surface area contributed by atoms with E-state index in [2.05, 4.69) is 29.4 Å². The molecular formula is C15H23N3O. The van der Waals surface area contributed by atoms with Crippen LogP contribution in [-0.2, 0) is 17.8 Å². The number of carbonyl (C=O) groups is 1. The average Bonchev–Trinajstić information content (AvgIpc) is 2.41. The number of rotatable bonds is 4. The minimum atomic E-state index is -0.155. The summed E-state index contributed by atoms with van der Waals surface area (Å²) >= 11 is 0. The Balaban J connectivity index is 1.89. The van der Waals surface area contributed by atoms with Gasteiger partial charge in [-0.2, -0.15) is 0 Å². The number of hydrazine groups is 1. The van der Waals surface area contributed by atoms with Gasteiger partial charge in [-0.1, -0.05) is 31.2 Å². The Morgan fingerprint density at radius 3 is 2.68 bits per heavy atom. The quantitative estimate of drug-likeness (QED) is 0.490. The van der Waals surface area contributed by atoms with Crippen LogP contribution in [0.5, 0.6) is 0 Å². The Hall–Kier alpha value is -1.39. The van der Waals surface area contributed by atoms with E-state index in [9.17, 15) is 4.79 Å². The Bertz CT molecular complexity index is 416. The molecular weight excluding hydrogens is 238 g/mol. The zero-order valence-electron chi connectivity index (χ0n) is 11.6. The van der Waals surface area contributed by atoms with Crippen LogP contribution >= 0.6 is 0 Å². The van der Waals surface area contributed by atoms with Crippen LogP contribution in [-0.4, -0.2) is 23.9 Å². The van der Waals surface area contributed by atoms with Crippen molar-refractivity contribution in [2.75, 3.05) is 13.1 Å². The van der Waals surface area contributed by atoms with Crippen molar-refractivity contribution in [3.8, 4) is 0 Å². The largest absolute Gasteiger partial charge is 0.299 e. The van der Waals surface area contributed by atoms with Crippen molar-refractivity contribution in [1.82, 2.24) is 10.3 Å².